The summed E-state index contributed by atoms with van der Waals surface area (Å²) in [6.45, 7) is 2.31. The van der Waals surface area contributed by atoms with E-state index < -0.39 is 0 Å². The maximum atomic E-state index is 10.5. The molecule has 0 radical (unpaired) electrons. The van der Waals surface area contributed by atoms with E-state index in [-0.39, 0.29) is 6.10 Å². The smallest absolute Gasteiger partial charge is 0.0650 e. The molecule has 1 aromatic rings. The fourth-order valence-corrected chi connectivity index (χ4v) is 4.07. The normalized spacial score (nSPS) is 29.7. The van der Waals surface area contributed by atoms with Crippen LogP contribution >= 0.6 is 0 Å². The molecule has 112 valence electrons. The van der Waals surface area contributed by atoms with E-state index in [1.54, 1.807) is 0 Å². The predicted molar refractivity (Wildman–Crippen MR) is 80.6 cm³/mol. The minimum Gasteiger partial charge on any atom is -0.392 e. The summed E-state index contributed by atoms with van der Waals surface area (Å²) in [5.74, 6) is 1.26. The Balaban J connectivity index is 1.56. The number of hydrogen-bond donors (Lipinski definition) is 1. The summed E-state index contributed by atoms with van der Waals surface area (Å²) in [4.78, 5) is 0. The zero-order valence-electron chi connectivity index (χ0n) is 12.7. The average Bonchev–Trinajstić information content (AvgIpc) is 3.08. The van der Waals surface area contributed by atoms with E-state index in [0.717, 1.165) is 18.0 Å². The number of aromatic nitrogens is 2. The lowest BCUT2D eigenvalue weighted by atomic mass is 9.78. The van der Waals surface area contributed by atoms with Crippen LogP contribution in [0.2, 0.25) is 0 Å². The van der Waals surface area contributed by atoms with Crippen molar-refractivity contribution in [3.8, 4) is 0 Å². The maximum Gasteiger partial charge on any atom is 0.0650 e. The summed E-state index contributed by atoms with van der Waals surface area (Å²) < 4.78 is 2.14. The Labute approximate surface area is 122 Å². The molecule has 3 atom stereocenters. The molecule has 0 aliphatic heterocycles. The van der Waals surface area contributed by atoms with Crippen LogP contribution in [0.25, 0.3) is 0 Å². The molecule has 2 aliphatic rings. The van der Waals surface area contributed by atoms with Crippen molar-refractivity contribution < 1.29 is 5.11 Å². The van der Waals surface area contributed by atoms with Crippen LogP contribution in [0.4, 0.5) is 0 Å². The molecular weight excluding hydrogens is 248 g/mol. The highest BCUT2D eigenvalue weighted by molar-refractivity contribution is 5.02. The van der Waals surface area contributed by atoms with Gasteiger partial charge >= 0.3 is 0 Å². The quantitative estimate of drug-likeness (QED) is 0.910. The molecule has 1 heterocycles. The maximum absolute atomic E-state index is 10.5. The van der Waals surface area contributed by atoms with Gasteiger partial charge in [-0.2, -0.15) is 5.10 Å². The minimum atomic E-state index is -0.204. The monoisotopic (exact) mass is 276 g/mol. The van der Waals surface area contributed by atoms with Crippen molar-refractivity contribution in [1.82, 2.24) is 9.78 Å². The van der Waals surface area contributed by atoms with Crippen molar-refractivity contribution in [2.75, 3.05) is 0 Å². The van der Waals surface area contributed by atoms with Gasteiger partial charge in [0.1, 0.15) is 0 Å². The summed E-state index contributed by atoms with van der Waals surface area (Å²) in [5.41, 5.74) is 1.07. The molecule has 0 saturated heterocycles. The number of aliphatic hydroxyl groups excluding tert-OH is 1. The summed E-state index contributed by atoms with van der Waals surface area (Å²) in [7, 11) is 0. The number of nitrogens with zero attached hydrogens (tertiary/aromatic N) is 2. The first-order valence-electron chi connectivity index (χ1n) is 8.44. The van der Waals surface area contributed by atoms with Crippen LogP contribution in [0.1, 0.15) is 70.0 Å². The van der Waals surface area contributed by atoms with Gasteiger partial charge in [-0.15, -0.1) is 0 Å². The fraction of sp³-hybridized carbons (Fsp3) is 0.824. The Morgan fingerprint density at radius 3 is 2.80 bits per heavy atom. The van der Waals surface area contributed by atoms with Crippen LogP contribution in [-0.4, -0.2) is 21.0 Å². The molecule has 0 bridgehead atoms. The van der Waals surface area contributed by atoms with E-state index in [1.807, 2.05) is 0 Å². The van der Waals surface area contributed by atoms with Crippen molar-refractivity contribution in [3.05, 3.63) is 18.0 Å². The van der Waals surface area contributed by atoms with Gasteiger partial charge in [0.2, 0.25) is 0 Å². The van der Waals surface area contributed by atoms with Crippen molar-refractivity contribution in [1.29, 1.82) is 0 Å². The van der Waals surface area contributed by atoms with Gasteiger partial charge < -0.3 is 5.11 Å². The Morgan fingerprint density at radius 1 is 1.25 bits per heavy atom. The van der Waals surface area contributed by atoms with E-state index in [2.05, 4.69) is 23.9 Å². The highest BCUT2D eigenvalue weighted by Gasteiger charge is 2.26. The summed E-state index contributed by atoms with van der Waals surface area (Å²) in [6, 6.07) is 2.71. The van der Waals surface area contributed by atoms with Crippen LogP contribution < -0.4 is 0 Å². The second-order valence-electron chi connectivity index (χ2n) is 7.03. The molecule has 3 nitrogen and oxygen atoms in total. The SMILES string of the molecule is CC1CCCC(C(O)Cc2ccn(C3CCCC3)n2)C1. The molecule has 0 spiro atoms. The Morgan fingerprint density at radius 2 is 2.05 bits per heavy atom. The molecule has 3 rings (SSSR count). The second kappa shape index (κ2) is 6.30. The average molecular weight is 276 g/mol. The fourth-order valence-electron chi connectivity index (χ4n) is 4.07. The molecule has 2 fully saturated rings. The molecule has 1 N–H and O–H groups in total. The van der Waals surface area contributed by atoms with Gasteiger partial charge in [-0.25, -0.2) is 0 Å². The van der Waals surface area contributed by atoms with Crippen molar-refractivity contribution in [3.63, 3.8) is 0 Å². The highest BCUT2D eigenvalue weighted by Crippen LogP contribution is 2.32. The molecule has 20 heavy (non-hydrogen) atoms. The summed E-state index contributed by atoms with van der Waals surface area (Å²) in [6.07, 6.45) is 12.8. The van der Waals surface area contributed by atoms with Crippen LogP contribution in [0, 0.1) is 11.8 Å². The lowest BCUT2D eigenvalue weighted by molar-refractivity contribution is 0.0711. The van der Waals surface area contributed by atoms with E-state index in [4.69, 9.17) is 5.10 Å². The first-order chi connectivity index (χ1) is 9.72. The van der Waals surface area contributed by atoms with Gasteiger partial charge in [0.25, 0.3) is 0 Å². The van der Waals surface area contributed by atoms with Crippen molar-refractivity contribution in [2.24, 2.45) is 11.8 Å². The van der Waals surface area contributed by atoms with Gasteiger partial charge in [-0.1, -0.05) is 32.6 Å². The third-order valence-electron chi connectivity index (χ3n) is 5.30. The lowest BCUT2D eigenvalue weighted by Gasteiger charge is -2.30. The van der Waals surface area contributed by atoms with E-state index in [1.165, 1.54) is 51.4 Å². The molecular formula is C17H28N2O. The number of aliphatic hydroxyl groups is 1. The summed E-state index contributed by atoms with van der Waals surface area (Å²) in [5, 5.41) is 15.2. The van der Waals surface area contributed by atoms with Crippen molar-refractivity contribution >= 4 is 0 Å². The first kappa shape index (κ1) is 14.1. The molecule has 2 aliphatic carbocycles. The predicted octanol–water partition coefficient (Wildman–Crippen LogP) is 3.73. The minimum absolute atomic E-state index is 0.204. The molecule has 0 amide bonds. The molecule has 2 saturated carbocycles. The standard InChI is InChI=1S/C17H28N2O/c1-13-5-4-6-14(11-13)17(20)12-15-9-10-19(18-15)16-7-2-3-8-16/h9-10,13-14,16-17,20H,2-8,11-12H2,1H3. The largest absolute Gasteiger partial charge is 0.392 e. The lowest BCUT2D eigenvalue weighted by Crippen LogP contribution is -2.27. The van der Waals surface area contributed by atoms with Gasteiger partial charge in [-0.3, -0.25) is 4.68 Å². The Kier molecular flexibility index (Phi) is 4.45. The van der Waals surface area contributed by atoms with Crippen LogP contribution in [0.3, 0.4) is 0 Å². The van der Waals surface area contributed by atoms with Gasteiger partial charge in [0.15, 0.2) is 0 Å². The number of rotatable bonds is 4. The first-order valence-corrected chi connectivity index (χ1v) is 8.44. The molecule has 3 unspecified atom stereocenters. The van der Waals surface area contributed by atoms with Gasteiger partial charge in [0, 0.05) is 12.6 Å². The van der Waals surface area contributed by atoms with Crippen LogP contribution in [-0.2, 0) is 6.42 Å². The van der Waals surface area contributed by atoms with E-state index >= 15 is 0 Å². The van der Waals surface area contributed by atoms with Crippen molar-refractivity contribution in [2.45, 2.75) is 76.9 Å². The van der Waals surface area contributed by atoms with Crippen LogP contribution in [0.15, 0.2) is 12.3 Å². The second-order valence-corrected chi connectivity index (χ2v) is 7.03. The molecule has 0 aromatic carbocycles. The third kappa shape index (κ3) is 3.25. The Hall–Kier alpha value is -0.830. The Bertz CT molecular complexity index is 422. The topological polar surface area (TPSA) is 38.0 Å². The van der Waals surface area contributed by atoms with E-state index in [9.17, 15) is 5.11 Å². The highest BCUT2D eigenvalue weighted by atomic mass is 16.3. The molecule has 1 aromatic heterocycles. The van der Waals surface area contributed by atoms with E-state index in [0.29, 0.717) is 12.0 Å². The number of hydrogen-bond acceptors (Lipinski definition) is 2. The van der Waals surface area contributed by atoms with Crippen LogP contribution in [0.5, 0.6) is 0 Å². The summed E-state index contributed by atoms with van der Waals surface area (Å²) >= 11 is 0. The zero-order chi connectivity index (χ0) is 13.9. The molecule has 3 heteroatoms. The third-order valence-corrected chi connectivity index (χ3v) is 5.30. The van der Waals surface area contributed by atoms with Gasteiger partial charge in [-0.05, 0) is 43.6 Å². The van der Waals surface area contributed by atoms with Gasteiger partial charge in [0.05, 0.1) is 17.8 Å². The zero-order valence-corrected chi connectivity index (χ0v) is 12.7.